The molecule has 1 atom stereocenters. The van der Waals surface area contributed by atoms with E-state index in [0.717, 1.165) is 39.1 Å². The summed E-state index contributed by atoms with van der Waals surface area (Å²) in [6.45, 7) is 5.19. The van der Waals surface area contributed by atoms with E-state index in [-0.39, 0.29) is 24.5 Å². The number of amides is 2. The molecular weight excluding hydrogens is 358 g/mol. The molecule has 4 rings (SSSR count). The van der Waals surface area contributed by atoms with Crippen LogP contribution in [0.1, 0.15) is 42.5 Å². The van der Waals surface area contributed by atoms with Gasteiger partial charge < -0.3 is 25.2 Å². The predicted octanol–water partition coefficient (Wildman–Crippen LogP) is 1.23. The lowest BCUT2D eigenvalue weighted by atomic mass is 10.1. The summed E-state index contributed by atoms with van der Waals surface area (Å²) in [7, 11) is 0. The minimum absolute atomic E-state index is 0.0209. The van der Waals surface area contributed by atoms with Gasteiger partial charge in [-0.2, -0.15) is 0 Å². The molecule has 2 fully saturated rings. The van der Waals surface area contributed by atoms with Crippen molar-refractivity contribution in [1.29, 1.82) is 0 Å². The number of anilines is 2. The van der Waals surface area contributed by atoms with Gasteiger partial charge in [0.15, 0.2) is 0 Å². The Morgan fingerprint density at radius 1 is 1.29 bits per heavy atom. The minimum atomic E-state index is -0.151. The summed E-state index contributed by atoms with van der Waals surface area (Å²) in [5.41, 5.74) is 1.14. The van der Waals surface area contributed by atoms with E-state index in [2.05, 4.69) is 20.5 Å². The Kier molecular flexibility index (Phi) is 6.07. The van der Waals surface area contributed by atoms with Gasteiger partial charge in [0.05, 0.1) is 30.4 Å². The largest absolute Gasteiger partial charge is 0.376 e. The summed E-state index contributed by atoms with van der Waals surface area (Å²) >= 11 is 0. The Morgan fingerprint density at radius 3 is 2.93 bits per heavy atom. The van der Waals surface area contributed by atoms with Gasteiger partial charge in [-0.25, -0.2) is 4.98 Å². The second kappa shape index (κ2) is 8.87. The van der Waals surface area contributed by atoms with Gasteiger partial charge in [0, 0.05) is 25.9 Å². The van der Waals surface area contributed by atoms with Crippen molar-refractivity contribution in [2.24, 2.45) is 0 Å². The van der Waals surface area contributed by atoms with Gasteiger partial charge >= 0.3 is 0 Å². The van der Waals surface area contributed by atoms with Crippen LogP contribution in [0.5, 0.6) is 0 Å². The van der Waals surface area contributed by atoms with Crippen LogP contribution in [0.2, 0.25) is 0 Å². The van der Waals surface area contributed by atoms with E-state index in [4.69, 9.17) is 4.74 Å². The highest BCUT2D eigenvalue weighted by Gasteiger charge is 2.29. The molecule has 2 saturated heterocycles. The quantitative estimate of drug-likeness (QED) is 0.764. The third-order valence-corrected chi connectivity index (χ3v) is 5.70. The number of ether oxygens (including phenoxy) is 1. The molecule has 8 heteroatoms. The van der Waals surface area contributed by atoms with Crippen LogP contribution in [0.3, 0.4) is 0 Å². The predicted molar refractivity (Wildman–Crippen MR) is 107 cm³/mol. The molecule has 3 aliphatic heterocycles. The second-order valence-electron chi connectivity index (χ2n) is 7.74. The number of carbonyl (C=O) groups is 2. The maximum Gasteiger partial charge on any atom is 0.252 e. The van der Waals surface area contributed by atoms with Gasteiger partial charge in [0.25, 0.3) is 5.91 Å². The maximum atomic E-state index is 12.6. The number of carbonyl (C=O) groups excluding carboxylic acids is 2. The molecule has 2 N–H and O–H groups in total. The molecule has 1 aromatic rings. The molecule has 2 amide bonds. The summed E-state index contributed by atoms with van der Waals surface area (Å²) in [6, 6.07) is 1.76. The number of hydrogen-bond donors (Lipinski definition) is 2. The standard InChI is InChI=1S/C20H29N5O3/c26-18-13-23-19-17(25(18)14-16-5-4-10-28-16)11-15(12-22-19)20(27)21-6-9-24-7-2-1-3-8-24/h11-12,16H,1-10,13-14H2,(H,21,27)(H,22,23). The van der Waals surface area contributed by atoms with Crippen LogP contribution in [-0.4, -0.2) is 73.7 Å². The fraction of sp³-hybridized carbons (Fsp3) is 0.650. The molecule has 0 saturated carbocycles. The molecule has 1 aromatic heterocycles. The van der Waals surface area contributed by atoms with E-state index in [1.165, 1.54) is 19.3 Å². The van der Waals surface area contributed by atoms with Crippen LogP contribution in [0.4, 0.5) is 11.5 Å². The Bertz CT molecular complexity index is 714. The van der Waals surface area contributed by atoms with Crippen LogP contribution < -0.4 is 15.5 Å². The van der Waals surface area contributed by atoms with Gasteiger partial charge in [-0.15, -0.1) is 0 Å². The molecule has 152 valence electrons. The van der Waals surface area contributed by atoms with E-state index >= 15 is 0 Å². The van der Waals surface area contributed by atoms with E-state index in [1.807, 2.05) is 0 Å². The number of nitrogens with one attached hydrogen (secondary N) is 2. The monoisotopic (exact) mass is 387 g/mol. The lowest BCUT2D eigenvalue weighted by Gasteiger charge is -2.31. The summed E-state index contributed by atoms with van der Waals surface area (Å²) < 4.78 is 5.69. The van der Waals surface area contributed by atoms with Gasteiger partial charge in [-0.3, -0.25) is 9.59 Å². The van der Waals surface area contributed by atoms with Crippen molar-refractivity contribution in [3.05, 3.63) is 17.8 Å². The highest BCUT2D eigenvalue weighted by atomic mass is 16.5. The third kappa shape index (κ3) is 4.44. The molecule has 28 heavy (non-hydrogen) atoms. The fourth-order valence-corrected chi connectivity index (χ4v) is 4.11. The van der Waals surface area contributed by atoms with Crippen LogP contribution in [0.15, 0.2) is 12.3 Å². The molecule has 0 aliphatic carbocycles. The average Bonchev–Trinajstić information content (AvgIpc) is 3.24. The lowest BCUT2D eigenvalue weighted by Crippen LogP contribution is -2.44. The zero-order valence-corrected chi connectivity index (χ0v) is 16.3. The molecule has 0 aromatic carbocycles. The average molecular weight is 387 g/mol. The van der Waals surface area contributed by atoms with E-state index in [0.29, 0.717) is 30.2 Å². The topological polar surface area (TPSA) is 86.8 Å². The zero-order valence-electron chi connectivity index (χ0n) is 16.3. The number of rotatable bonds is 6. The number of hydrogen-bond acceptors (Lipinski definition) is 6. The Morgan fingerprint density at radius 2 is 2.14 bits per heavy atom. The van der Waals surface area contributed by atoms with Crippen LogP contribution in [-0.2, 0) is 9.53 Å². The lowest BCUT2D eigenvalue weighted by molar-refractivity contribution is -0.117. The van der Waals surface area contributed by atoms with E-state index < -0.39 is 0 Å². The smallest absolute Gasteiger partial charge is 0.252 e. The number of nitrogens with zero attached hydrogens (tertiary/aromatic N) is 3. The molecule has 0 radical (unpaired) electrons. The van der Waals surface area contributed by atoms with E-state index in [1.54, 1.807) is 17.2 Å². The number of aromatic nitrogens is 1. The van der Waals surface area contributed by atoms with Gasteiger partial charge in [0.1, 0.15) is 5.82 Å². The first-order valence-electron chi connectivity index (χ1n) is 10.4. The summed E-state index contributed by atoms with van der Waals surface area (Å²) in [6.07, 6.45) is 7.39. The number of likely N-dealkylation sites (tertiary alicyclic amines) is 1. The van der Waals surface area contributed by atoms with Gasteiger partial charge in [-0.1, -0.05) is 6.42 Å². The number of fused-ring (bicyclic) bond motifs is 1. The second-order valence-corrected chi connectivity index (χ2v) is 7.74. The van der Waals surface area contributed by atoms with Crippen LogP contribution in [0, 0.1) is 0 Å². The van der Waals surface area contributed by atoms with Crippen molar-refractivity contribution < 1.29 is 14.3 Å². The molecule has 0 bridgehead atoms. The van der Waals surface area contributed by atoms with Crippen LogP contribution >= 0.6 is 0 Å². The van der Waals surface area contributed by atoms with Crippen molar-refractivity contribution in [3.8, 4) is 0 Å². The summed E-state index contributed by atoms with van der Waals surface area (Å²) in [5, 5.41) is 6.02. The first-order valence-corrected chi connectivity index (χ1v) is 10.4. The molecule has 4 heterocycles. The Labute approximate surface area is 165 Å². The fourth-order valence-electron chi connectivity index (χ4n) is 4.11. The maximum absolute atomic E-state index is 12.6. The van der Waals surface area contributed by atoms with Crippen molar-refractivity contribution in [3.63, 3.8) is 0 Å². The van der Waals surface area contributed by atoms with E-state index in [9.17, 15) is 9.59 Å². The number of piperidine rings is 1. The molecule has 3 aliphatic rings. The Balaban J connectivity index is 1.40. The van der Waals surface area contributed by atoms with Gasteiger partial charge in [-0.05, 0) is 44.8 Å². The first kappa shape index (κ1) is 19.1. The van der Waals surface area contributed by atoms with Crippen molar-refractivity contribution in [2.45, 2.75) is 38.2 Å². The summed E-state index contributed by atoms with van der Waals surface area (Å²) in [5.74, 6) is 0.470. The van der Waals surface area contributed by atoms with Crippen molar-refractivity contribution >= 4 is 23.3 Å². The Hall–Kier alpha value is -2.19. The van der Waals surface area contributed by atoms with Crippen LogP contribution in [0.25, 0.3) is 0 Å². The molecule has 8 nitrogen and oxygen atoms in total. The molecular formula is C20H29N5O3. The highest BCUT2D eigenvalue weighted by Crippen LogP contribution is 2.29. The summed E-state index contributed by atoms with van der Waals surface area (Å²) in [4.78, 5) is 33.5. The van der Waals surface area contributed by atoms with Gasteiger partial charge in [0.2, 0.25) is 5.91 Å². The highest BCUT2D eigenvalue weighted by molar-refractivity contribution is 6.04. The van der Waals surface area contributed by atoms with Crippen molar-refractivity contribution in [1.82, 2.24) is 15.2 Å². The normalized spacial score (nSPS) is 22.6. The first-order chi connectivity index (χ1) is 13.7. The minimum Gasteiger partial charge on any atom is -0.376 e. The zero-order chi connectivity index (χ0) is 19.3. The SMILES string of the molecule is O=C(NCCN1CCCCC1)c1cnc2c(c1)N(CC1CCCO1)C(=O)CN2. The van der Waals surface area contributed by atoms with Crippen molar-refractivity contribution in [2.75, 3.05) is 56.1 Å². The molecule has 0 spiro atoms. The molecule has 1 unspecified atom stereocenters. The third-order valence-electron chi connectivity index (χ3n) is 5.70. The number of pyridine rings is 1.